The van der Waals surface area contributed by atoms with Crippen molar-refractivity contribution in [3.05, 3.63) is 0 Å². The summed E-state index contributed by atoms with van der Waals surface area (Å²) >= 11 is 0. The second-order valence-electron chi connectivity index (χ2n) is 4.94. The number of amides is 1. The molecule has 4 heteroatoms. The van der Waals surface area contributed by atoms with E-state index in [0.717, 1.165) is 13.0 Å². The Hall–Kier alpha value is -0.610. The highest BCUT2D eigenvalue weighted by Gasteiger charge is 2.35. The normalized spacial score (nSPS) is 12.7. The van der Waals surface area contributed by atoms with Gasteiger partial charge in [0.25, 0.3) is 0 Å². The molecule has 0 aliphatic heterocycles. The molecule has 0 aliphatic rings. The molecule has 0 radical (unpaired) electrons. The van der Waals surface area contributed by atoms with E-state index in [1.165, 1.54) is 0 Å². The van der Waals surface area contributed by atoms with Crippen molar-refractivity contribution in [1.82, 2.24) is 10.6 Å². The van der Waals surface area contributed by atoms with Crippen LogP contribution in [0.3, 0.4) is 0 Å². The largest absolute Gasteiger partial charge is 0.388 e. The Morgan fingerprint density at radius 1 is 1.27 bits per heavy atom. The lowest BCUT2D eigenvalue weighted by Crippen LogP contribution is -2.57. The zero-order valence-electron chi connectivity index (χ0n) is 10.5. The van der Waals surface area contributed by atoms with Crippen LogP contribution in [0.1, 0.15) is 40.5 Å². The molecule has 0 bridgehead atoms. The summed E-state index contributed by atoms with van der Waals surface area (Å²) in [7, 11) is 1.86. The van der Waals surface area contributed by atoms with Gasteiger partial charge in [-0.15, -0.1) is 0 Å². The molecule has 0 aromatic rings. The second-order valence-corrected chi connectivity index (χ2v) is 4.94. The quantitative estimate of drug-likeness (QED) is 0.571. The number of carbonyl (C=O) groups excluding carboxylic acids is 1. The molecule has 0 saturated heterocycles. The minimum absolute atomic E-state index is 0.0163. The number of aliphatic hydroxyl groups is 1. The van der Waals surface area contributed by atoms with Crippen molar-refractivity contribution >= 4 is 5.91 Å². The molecule has 0 rings (SSSR count). The van der Waals surface area contributed by atoms with Gasteiger partial charge in [0.2, 0.25) is 5.91 Å². The lowest BCUT2D eigenvalue weighted by molar-refractivity contribution is -0.126. The fourth-order valence-corrected chi connectivity index (χ4v) is 0.990. The van der Waals surface area contributed by atoms with Crippen LogP contribution in [0.5, 0.6) is 0 Å². The van der Waals surface area contributed by atoms with Gasteiger partial charge in [-0.05, 0) is 47.7 Å². The lowest BCUT2D eigenvalue weighted by atomic mass is 9.86. The molecular weight excluding hydrogens is 192 g/mol. The summed E-state index contributed by atoms with van der Waals surface area (Å²) in [4.78, 5) is 11.5. The van der Waals surface area contributed by atoms with Crippen molar-refractivity contribution in [3.8, 4) is 0 Å². The Morgan fingerprint density at radius 2 is 1.80 bits per heavy atom. The molecule has 0 spiro atoms. The Morgan fingerprint density at radius 3 is 2.20 bits per heavy atom. The van der Waals surface area contributed by atoms with E-state index in [1.807, 2.05) is 20.9 Å². The number of hydrogen-bond acceptors (Lipinski definition) is 3. The van der Waals surface area contributed by atoms with Crippen LogP contribution in [0, 0.1) is 0 Å². The van der Waals surface area contributed by atoms with Gasteiger partial charge < -0.3 is 15.7 Å². The minimum Gasteiger partial charge on any atom is -0.388 e. The predicted molar refractivity (Wildman–Crippen MR) is 61.7 cm³/mol. The highest BCUT2D eigenvalue weighted by molar-refractivity contribution is 5.76. The smallest absolute Gasteiger partial charge is 0.220 e. The number of rotatable bonds is 6. The zero-order valence-corrected chi connectivity index (χ0v) is 10.5. The molecule has 90 valence electrons. The first kappa shape index (κ1) is 14.4. The molecule has 0 atom stereocenters. The number of carbonyl (C=O) groups is 1. The molecule has 0 heterocycles. The van der Waals surface area contributed by atoms with E-state index in [0.29, 0.717) is 6.42 Å². The van der Waals surface area contributed by atoms with Crippen molar-refractivity contribution in [2.45, 2.75) is 51.7 Å². The van der Waals surface area contributed by atoms with Crippen LogP contribution < -0.4 is 10.6 Å². The monoisotopic (exact) mass is 216 g/mol. The Kier molecular flexibility index (Phi) is 5.24. The minimum atomic E-state index is -0.925. The number of nitrogens with one attached hydrogen (secondary N) is 2. The van der Waals surface area contributed by atoms with Gasteiger partial charge in [0.15, 0.2) is 0 Å². The van der Waals surface area contributed by atoms with E-state index in [1.54, 1.807) is 13.8 Å². The van der Waals surface area contributed by atoms with Crippen LogP contribution in [0.4, 0.5) is 0 Å². The SMILES string of the molecule is CNCCCC(=O)NC(C)(C)C(C)(C)O. The third-order valence-electron chi connectivity index (χ3n) is 2.81. The first-order chi connectivity index (χ1) is 6.70. The Labute approximate surface area is 92.4 Å². The van der Waals surface area contributed by atoms with Crippen molar-refractivity contribution in [2.75, 3.05) is 13.6 Å². The van der Waals surface area contributed by atoms with Crippen molar-refractivity contribution in [3.63, 3.8) is 0 Å². The second kappa shape index (κ2) is 5.47. The van der Waals surface area contributed by atoms with Gasteiger partial charge in [0.05, 0.1) is 11.1 Å². The molecule has 0 saturated carbocycles. The summed E-state index contributed by atoms with van der Waals surface area (Å²) in [6, 6.07) is 0. The van der Waals surface area contributed by atoms with Gasteiger partial charge in [-0.1, -0.05) is 0 Å². The third kappa shape index (κ3) is 5.14. The summed E-state index contributed by atoms with van der Waals surface area (Å²) in [5, 5.41) is 15.7. The Balaban J connectivity index is 4.06. The first-order valence-electron chi connectivity index (χ1n) is 5.38. The fourth-order valence-electron chi connectivity index (χ4n) is 0.990. The molecule has 0 aromatic heterocycles. The van der Waals surface area contributed by atoms with Gasteiger partial charge in [-0.25, -0.2) is 0 Å². The fraction of sp³-hybridized carbons (Fsp3) is 0.909. The molecule has 0 aliphatic carbocycles. The molecule has 0 unspecified atom stereocenters. The van der Waals surface area contributed by atoms with E-state index in [-0.39, 0.29) is 5.91 Å². The summed E-state index contributed by atoms with van der Waals surface area (Å²) in [5.41, 5.74) is -1.53. The topological polar surface area (TPSA) is 61.4 Å². The van der Waals surface area contributed by atoms with Gasteiger partial charge >= 0.3 is 0 Å². The molecule has 3 N–H and O–H groups in total. The van der Waals surface area contributed by atoms with E-state index in [9.17, 15) is 9.90 Å². The van der Waals surface area contributed by atoms with Crippen LogP contribution in [-0.2, 0) is 4.79 Å². The van der Waals surface area contributed by atoms with E-state index in [2.05, 4.69) is 10.6 Å². The molecule has 0 fully saturated rings. The van der Waals surface area contributed by atoms with Crippen LogP contribution in [0.2, 0.25) is 0 Å². The van der Waals surface area contributed by atoms with Crippen molar-refractivity contribution in [1.29, 1.82) is 0 Å². The maximum atomic E-state index is 11.5. The lowest BCUT2D eigenvalue weighted by Gasteiger charge is -2.38. The van der Waals surface area contributed by atoms with Crippen LogP contribution in [0.15, 0.2) is 0 Å². The van der Waals surface area contributed by atoms with Gasteiger partial charge in [-0.3, -0.25) is 4.79 Å². The van der Waals surface area contributed by atoms with Gasteiger partial charge in [0.1, 0.15) is 0 Å². The van der Waals surface area contributed by atoms with Crippen LogP contribution >= 0.6 is 0 Å². The maximum Gasteiger partial charge on any atom is 0.220 e. The summed E-state index contributed by atoms with van der Waals surface area (Å²) in [6.07, 6.45) is 1.30. The third-order valence-corrected chi connectivity index (χ3v) is 2.81. The average Bonchev–Trinajstić information content (AvgIpc) is 2.01. The molecule has 1 amide bonds. The van der Waals surface area contributed by atoms with Gasteiger partial charge in [0, 0.05) is 6.42 Å². The Bertz CT molecular complexity index is 207. The standard InChI is InChI=1S/C11H24N2O2/c1-10(2,11(3,4)15)13-9(14)7-6-8-12-5/h12,15H,6-8H2,1-5H3,(H,13,14). The molecule has 4 nitrogen and oxygen atoms in total. The molecule has 15 heavy (non-hydrogen) atoms. The maximum absolute atomic E-state index is 11.5. The number of hydrogen-bond donors (Lipinski definition) is 3. The molecular formula is C11H24N2O2. The van der Waals surface area contributed by atoms with E-state index < -0.39 is 11.1 Å². The van der Waals surface area contributed by atoms with Crippen molar-refractivity contribution in [2.24, 2.45) is 0 Å². The zero-order chi connectivity index (χ0) is 12.1. The van der Waals surface area contributed by atoms with E-state index >= 15 is 0 Å². The predicted octanol–water partition coefficient (Wildman–Crippen LogP) is 0.652. The van der Waals surface area contributed by atoms with E-state index in [4.69, 9.17) is 0 Å². The van der Waals surface area contributed by atoms with Crippen LogP contribution in [-0.4, -0.2) is 35.7 Å². The first-order valence-corrected chi connectivity index (χ1v) is 5.38. The molecule has 0 aromatic carbocycles. The highest BCUT2D eigenvalue weighted by atomic mass is 16.3. The summed E-state index contributed by atoms with van der Waals surface area (Å²) < 4.78 is 0. The van der Waals surface area contributed by atoms with Crippen molar-refractivity contribution < 1.29 is 9.90 Å². The highest BCUT2D eigenvalue weighted by Crippen LogP contribution is 2.20. The average molecular weight is 216 g/mol. The van der Waals surface area contributed by atoms with Gasteiger partial charge in [-0.2, -0.15) is 0 Å². The summed E-state index contributed by atoms with van der Waals surface area (Å²) in [6.45, 7) is 7.87. The van der Waals surface area contributed by atoms with Crippen LogP contribution in [0.25, 0.3) is 0 Å². The summed E-state index contributed by atoms with van der Waals surface area (Å²) in [5.74, 6) is -0.0163.